The Bertz CT molecular complexity index is 416. The molecule has 1 aliphatic heterocycles. The molecule has 20 heavy (non-hydrogen) atoms. The van der Waals surface area contributed by atoms with Crippen molar-refractivity contribution in [1.82, 2.24) is 5.32 Å². The van der Waals surface area contributed by atoms with Crippen LogP contribution >= 0.6 is 0 Å². The molecule has 2 unspecified atom stereocenters. The molecule has 2 rings (SSSR count). The first-order valence-corrected chi connectivity index (χ1v) is 7.92. The average molecular weight is 273 g/mol. The highest BCUT2D eigenvalue weighted by molar-refractivity contribution is 5.40. The van der Waals surface area contributed by atoms with Crippen LogP contribution in [0, 0.1) is 0 Å². The van der Waals surface area contributed by atoms with Gasteiger partial charge in [-0.05, 0) is 31.9 Å². The van der Waals surface area contributed by atoms with Crippen LogP contribution in [0.1, 0.15) is 50.5 Å². The summed E-state index contributed by atoms with van der Waals surface area (Å²) in [6.07, 6.45) is 8.23. The van der Waals surface area contributed by atoms with Crippen molar-refractivity contribution in [1.29, 1.82) is 0 Å². The Hall–Kier alpha value is -1.28. The molecule has 0 bridgehead atoms. The maximum atomic E-state index is 5.83. The number of rotatable bonds is 9. The fraction of sp³-hybridized carbons (Fsp3) is 0.556. The van der Waals surface area contributed by atoms with Gasteiger partial charge >= 0.3 is 0 Å². The van der Waals surface area contributed by atoms with Crippen LogP contribution in [0.5, 0.6) is 5.75 Å². The van der Waals surface area contributed by atoms with E-state index in [9.17, 15) is 0 Å². The minimum Gasteiger partial charge on any atom is -0.493 e. The van der Waals surface area contributed by atoms with Gasteiger partial charge in [0.1, 0.15) is 5.75 Å². The molecule has 1 heterocycles. The van der Waals surface area contributed by atoms with Gasteiger partial charge in [-0.15, -0.1) is 6.58 Å². The Kier molecular flexibility index (Phi) is 6.13. The maximum Gasteiger partial charge on any atom is 0.122 e. The monoisotopic (exact) mass is 273 g/mol. The molecule has 110 valence electrons. The van der Waals surface area contributed by atoms with Crippen molar-refractivity contribution in [2.75, 3.05) is 13.2 Å². The number of nitrogens with one attached hydrogen (secondary N) is 1. The van der Waals surface area contributed by atoms with Gasteiger partial charge in [-0.1, -0.05) is 44.0 Å². The topological polar surface area (TPSA) is 21.3 Å². The second-order valence-corrected chi connectivity index (χ2v) is 5.55. The number of unbranched alkanes of at least 4 members (excludes halogenated alkanes) is 3. The van der Waals surface area contributed by atoms with E-state index < -0.39 is 0 Å². The molecule has 0 amide bonds. The minimum atomic E-state index is 0.505. The summed E-state index contributed by atoms with van der Waals surface area (Å²) in [4.78, 5) is 0. The molecule has 2 heteroatoms. The molecule has 2 nitrogen and oxygen atoms in total. The van der Waals surface area contributed by atoms with E-state index in [4.69, 9.17) is 4.74 Å². The van der Waals surface area contributed by atoms with Crippen molar-refractivity contribution in [3.05, 3.63) is 42.5 Å². The van der Waals surface area contributed by atoms with Crippen LogP contribution in [0.2, 0.25) is 0 Å². The number of benzene rings is 1. The molecule has 0 radical (unpaired) electrons. The van der Waals surface area contributed by atoms with Crippen molar-refractivity contribution in [3.63, 3.8) is 0 Å². The number of hydrogen-bond acceptors (Lipinski definition) is 2. The van der Waals surface area contributed by atoms with Gasteiger partial charge in [-0.2, -0.15) is 0 Å². The van der Waals surface area contributed by atoms with Crippen molar-refractivity contribution in [2.45, 2.75) is 51.0 Å². The van der Waals surface area contributed by atoms with Gasteiger partial charge in [0.05, 0.1) is 6.61 Å². The number of allylic oxidation sites excluding steroid dienone is 1. The van der Waals surface area contributed by atoms with Crippen LogP contribution in [0.3, 0.4) is 0 Å². The number of para-hydroxylation sites is 1. The summed E-state index contributed by atoms with van der Waals surface area (Å²) >= 11 is 0. The molecule has 0 aliphatic carbocycles. The van der Waals surface area contributed by atoms with Gasteiger partial charge in [0.2, 0.25) is 0 Å². The lowest BCUT2D eigenvalue weighted by Crippen LogP contribution is -2.35. The van der Waals surface area contributed by atoms with E-state index in [1.54, 1.807) is 0 Å². The van der Waals surface area contributed by atoms with Crippen molar-refractivity contribution in [3.8, 4) is 5.75 Å². The van der Waals surface area contributed by atoms with E-state index in [-0.39, 0.29) is 0 Å². The zero-order chi connectivity index (χ0) is 14.2. The molecule has 0 spiro atoms. The molecule has 1 aromatic rings. The van der Waals surface area contributed by atoms with Crippen LogP contribution in [0.25, 0.3) is 0 Å². The highest BCUT2D eigenvalue weighted by Crippen LogP contribution is 2.36. The number of likely N-dealkylation sites (N-methyl/N-ethyl adjacent to an activating group) is 1. The standard InChI is InChI=1S/C18H27NO/c1-3-5-6-7-8-12-17(19-4-2)16-14-20-18-13-10-9-11-15(16)18/h3,9-11,13,16-17,19H,1,4-8,12,14H2,2H3. The molecular formula is C18H27NO. The SMILES string of the molecule is C=CCCCCCC(NCC)C1COc2ccccc21. The third-order valence-corrected chi connectivity index (χ3v) is 4.11. The molecule has 0 saturated heterocycles. The van der Waals surface area contributed by atoms with E-state index >= 15 is 0 Å². The molecule has 1 N–H and O–H groups in total. The third kappa shape index (κ3) is 3.86. The molecular weight excluding hydrogens is 246 g/mol. The van der Waals surface area contributed by atoms with Crippen LogP contribution in [-0.4, -0.2) is 19.2 Å². The molecule has 0 aromatic heterocycles. The number of hydrogen-bond donors (Lipinski definition) is 1. The lowest BCUT2D eigenvalue weighted by atomic mass is 9.89. The van der Waals surface area contributed by atoms with E-state index in [0.29, 0.717) is 12.0 Å². The third-order valence-electron chi connectivity index (χ3n) is 4.11. The zero-order valence-electron chi connectivity index (χ0n) is 12.6. The van der Waals surface area contributed by atoms with Gasteiger partial charge in [0.25, 0.3) is 0 Å². The summed E-state index contributed by atoms with van der Waals surface area (Å²) in [6.45, 7) is 7.82. The first-order chi connectivity index (χ1) is 9.86. The molecule has 1 aromatic carbocycles. The normalized spacial score (nSPS) is 18.4. The van der Waals surface area contributed by atoms with Crippen molar-refractivity contribution in [2.24, 2.45) is 0 Å². The van der Waals surface area contributed by atoms with Gasteiger partial charge in [0, 0.05) is 17.5 Å². The number of fused-ring (bicyclic) bond motifs is 1. The first-order valence-electron chi connectivity index (χ1n) is 7.92. The van der Waals surface area contributed by atoms with Crippen LogP contribution in [-0.2, 0) is 0 Å². The first kappa shape index (κ1) is 15.1. The van der Waals surface area contributed by atoms with Crippen molar-refractivity contribution >= 4 is 0 Å². The Morgan fingerprint density at radius 2 is 2.20 bits per heavy atom. The smallest absolute Gasteiger partial charge is 0.122 e. The molecule has 1 aliphatic rings. The predicted molar refractivity (Wildman–Crippen MR) is 85.4 cm³/mol. The highest BCUT2D eigenvalue weighted by Gasteiger charge is 2.30. The summed E-state index contributed by atoms with van der Waals surface area (Å²) in [6, 6.07) is 9.01. The van der Waals surface area contributed by atoms with Gasteiger partial charge in [0.15, 0.2) is 0 Å². The lowest BCUT2D eigenvalue weighted by Gasteiger charge is -2.23. The van der Waals surface area contributed by atoms with Crippen molar-refractivity contribution < 1.29 is 4.74 Å². The quantitative estimate of drug-likeness (QED) is 0.535. The Balaban J connectivity index is 1.90. The van der Waals surface area contributed by atoms with Crippen LogP contribution < -0.4 is 10.1 Å². The Morgan fingerprint density at radius 1 is 1.35 bits per heavy atom. The summed E-state index contributed by atoms with van der Waals surface area (Å²) in [5.41, 5.74) is 1.38. The summed E-state index contributed by atoms with van der Waals surface area (Å²) in [5, 5.41) is 3.66. The Labute approximate surface area is 123 Å². The second kappa shape index (κ2) is 8.11. The van der Waals surface area contributed by atoms with Gasteiger partial charge in [-0.25, -0.2) is 0 Å². The van der Waals surface area contributed by atoms with Gasteiger partial charge < -0.3 is 10.1 Å². The van der Waals surface area contributed by atoms with E-state index in [1.807, 2.05) is 6.08 Å². The minimum absolute atomic E-state index is 0.505. The van der Waals surface area contributed by atoms with Crippen LogP contribution in [0.4, 0.5) is 0 Å². The number of ether oxygens (including phenoxy) is 1. The predicted octanol–water partition coefficient (Wildman–Crippen LogP) is 4.28. The fourth-order valence-electron chi connectivity index (χ4n) is 3.06. The molecule has 2 atom stereocenters. The van der Waals surface area contributed by atoms with Gasteiger partial charge in [-0.3, -0.25) is 0 Å². The average Bonchev–Trinajstić information content (AvgIpc) is 2.90. The second-order valence-electron chi connectivity index (χ2n) is 5.55. The highest BCUT2D eigenvalue weighted by atomic mass is 16.5. The van der Waals surface area contributed by atoms with E-state index in [0.717, 1.165) is 25.3 Å². The van der Waals surface area contributed by atoms with E-state index in [2.05, 4.69) is 43.1 Å². The largest absolute Gasteiger partial charge is 0.493 e. The van der Waals surface area contributed by atoms with E-state index in [1.165, 1.54) is 31.2 Å². The summed E-state index contributed by atoms with van der Waals surface area (Å²) < 4.78 is 5.83. The van der Waals surface area contributed by atoms with Crippen LogP contribution in [0.15, 0.2) is 36.9 Å². The molecule has 0 fully saturated rings. The summed E-state index contributed by atoms with van der Waals surface area (Å²) in [5.74, 6) is 1.58. The zero-order valence-corrected chi connectivity index (χ0v) is 12.6. The lowest BCUT2D eigenvalue weighted by molar-refractivity contribution is 0.290. The maximum absolute atomic E-state index is 5.83. The summed E-state index contributed by atoms with van der Waals surface area (Å²) in [7, 11) is 0. The fourth-order valence-corrected chi connectivity index (χ4v) is 3.06. The Morgan fingerprint density at radius 3 is 3.00 bits per heavy atom. The molecule has 0 saturated carbocycles.